The molecular formula is C33H66NO6S2+. The van der Waals surface area contributed by atoms with Crippen LogP contribution in [-0.4, -0.2) is 58.4 Å². The Bertz CT molecular complexity index is 738. The fraction of sp³-hybridized carbons (Fsp3) is 0.909. The van der Waals surface area contributed by atoms with E-state index < -0.39 is 10.1 Å². The van der Waals surface area contributed by atoms with Crippen LogP contribution >= 0.6 is 11.3 Å². The van der Waals surface area contributed by atoms with E-state index in [2.05, 4.69) is 35.5 Å². The predicted molar refractivity (Wildman–Crippen MR) is 177 cm³/mol. The summed E-state index contributed by atoms with van der Waals surface area (Å²) in [7, 11) is -3.67. The third kappa shape index (κ3) is 35.6. The van der Waals surface area contributed by atoms with Gasteiger partial charge in [0.1, 0.15) is 12.6 Å². The number of nitrogens with zero attached hydrogens (tertiary/aromatic N) is 1. The Balaban J connectivity index is 0.00000308. The van der Waals surface area contributed by atoms with Crippen LogP contribution in [-0.2, 0) is 30.9 Å². The molecule has 1 aromatic rings. The molecule has 0 aliphatic heterocycles. The van der Waals surface area contributed by atoms with Gasteiger partial charge in [0.05, 0.1) is 24.8 Å². The van der Waals surface area contributed by atoms with Gasteiger partial charge in [-0.25, -0.2) is 0 Å². The predicted octanol–water partition coefficient (Wildman–Crippen LogP) is 8.80. The molecule has 1 aromatic heterocycles. The zero-order chi connectivity index (χ0) is 31.0. The summed E-state index contributed by atoms with van der Waals surface area (Å²) in [4.78, 5) is 0. The smallest absolute Gasteiger partial charge is 0.261 e. The molecule has 0 saturated heterocycles. The van der Waals surface area contributed by atoms with Gasteiger partial charge in [-0.05, 0) is 25.7 Å². The van der Waals surface area contributed by atoms with Crippen molar-refractivity contribution in [1.82, 2.24) is 0 Å². The molecule has 0 bridgehead atoms. The van der Waals surface area contributed by atoms with Gasteiger partial charge >= 0.3 is 0 Å². The minimum atomic E-state index is -3.67. The number of aryl methyl sites for hydroxylation is 1. The lowest BCUT2D eigenvalue weighted by Crippen LogP contribution is -2.29. The standard InChI is InChI=1S/C32H62NO3S.CH4O3S/c1-3-5-6-7-8-9-10-11-12-13-14-15-18-21-26-34-29-32(36-25-4-2)30-35-27-22-19-16-17-20-23-33-24-28-37-31-33;1-5(2,3)4/h24,28,31-32H,3-23,25-27,29-30H2,1-2H3;1H3,(H,2,3,4)/q+1;. The van der Waals surface area contributed by atoms with E-state index >= 15 is 0 Å². The Morgan fingerprint density at radius 2 is 1.10 bits per heavy atom. The topological polar surface area (TPSA) is 85.9 Å². The van der Waals surface area contributed by atoms with E-state index in [1.807, 2.05) is 0 Å². The number of hydrogen-bond donors (Lipinski definition) is 1. The Morgan fingerprint density at radius 3 is 1.50 bits per heavy atom. The Labute approximate surface area is 263 Å². The molecule has 1 N–H and O–H groups in total. The van der Waals surface area contributed by atoms with Gasteiger partial charge in [0.2, 0.25) is 5.51 Å². The molecule has 0 aliphatic carbocycles. The maximum Gasteiger partial charge on any atom is 0.261 e. The molecule has 1 atom stereocenters. The summed E-state index contributed by atoms with van der Waals surface area (Å²) in [6.45, 7) is 9.41. The van der Waals surface area contributed by atoms with Crippen molar-refractivity contribution in [3.05, 3.63) is 17.1 Å². The van der Waals surface area contributed by atoms with Crippen molar-refractivity contribution in [2.75, 3.05) is 39.3 Å². The summed E-state index contributed by atoms with van der Waals surface area (Å²) in [6, 6.07) is 0. The molecule has 250 valence electrons. The van der Waals surface area contributed by atoms with Crippen LogP contribution in [0.3, 0.4) is 0 Å². The van der Waals surface area contributed by atoms with Crippen molar-refractivity contribution in [3.8, 4) is 0 Å². The van der Waals surface area contributed by atoms with Crippen LogP contribution in [0.1, 0.15) is 142 Å². The number of rotatable bonds is 30. The highest BCUT2D eigenvalue weighted by molar-refractivity contribution is 7.85. The first kappa shape index (κ1) is 41.4. The molecule has 42 heavy (non-hydrogen) atoms. The van der Waals surface area contributed by atoms with Crippen LogP contribution < -0.4 is 4.57 Å². The third-order valence-electron chi connectivity index (χ3n) is 7.04. The second kappa shape index (κ2) is 31.8. The monoisotopic (exact) mass is 636 g/mol. The number of aromatic nitrogens is 1. The molecule has 9 heteroatoms. The van der Waals surface area contributed by atoms with Crippen LogP contribution in [0.2, 0.25) is 0 Å². The minimum absolute atomic E-state index is 0.0780. The first-order chi connectivity index (χ1) is 20.4. The molecule has 1 unspecified atom stereocenters. The largest absolute Gasteiger partial charge is 0.379 e. The maximum absolute atomic E-state index is 9.19. The summed E-state index contributed by atoms with van der Waals surface area (Å²) in [6.07, 6.45) is 29.8. The highest BCUT2D eigenvalue weighted by Crippen LogP contribution is 2.13. The lowest BCUT2D eigenvalue weighted by Gasteiger charge is -2.18. The van der Waals surface area contributed by atoms with Gasteiger partial charge in [0, 0.05) is 26.2 Å². The zero-order valence-corrected chi connectivity index (χ0v) is 29.1. The molecule has 0 spiro atoms. The van der Waals surface area contributed by atoms with Gasteiger partial charge in [-0.1, -0.05) is 121 Å². The second-order valence-electron chi connectivity index (χ2n) is 11.5. The van der Waals surface area contributed by atoms with E-state index in [1.165, 1.54) is 116 Å². The summed E-state index contributed by atoms with van der Waals surface area (Å²) >= 11 is 1.77. The fourth-order valence-electron chi connectivity index (χ4n) is 4.67. The van der Waals surface area contributed by atoms with Crippen molar-refractivity contribution >= 4 is 21.5 Å². The lowest BCUT2D eigenvalue weighted by molar-refractivity contribution is -0.692. The van der Waals surface area contributed by atoms with Crippen LogP contribution in [0.5, 0.6) is 0 Å². The molecular weight excluding hydrogens is 570 g/mol. The number of thiazole rings is 1. The second-order valence-corrected chi connectivity index (χ2v) is 13.7. The molecule has 0 amide bonds. The van der Waals surface area contributed by atoms with Gasteiger partial charge in [-0.15, -0.1) is 0 Å². The summed E-state index contributed by atoms with van der Waals surface area (Å²) in [5.74, 6) is 0. The van der Waals surface area contributed by atoms with Gasteiger partial charge < -0.3 is 14.2 Å². The Kier molecular flexibility index (Phi) is 31.4. The number of ether oxygens (including phenoxy) is 3. The Morgan fingerprint density at radius 1 is 0.667 bits per heavy atom. The average molecular weight is 637 g/mol. The van der Waals surface area contributed by atoms with E-state index in [1.54, 1.807) is 11.3 Å². The summed E-state index contributed by atoms with van der Waals surface area (Å²) < 4.78 is 46.0. The number of unbranched alkanes of at least 4 members (excludes halogenated alkanes) is 17. The first-order valence-corrected chi connectivity index (χ1v) is 19.8. The summed E-state index contributed by atoms with van der Waals surface area (Å²) in [5, 5.41) is 2.14. The molecule has 1 heterocycles. The van der Waals surface area contributed by atoms with Gasteiger partial charge in [-0.3, -0.25) is 4.55 Å². The van der Waals surface area contributed by atoms with E-state index in [0.717, 1.165) is 39.2 Å². The molecule has 7 nitrogen and oxygen atoms in total. The van der Waals surface area contributed by atoms with Gasteiger partial charge in [0.15, 0.2) is 6.20 Å². The van der Waals surface area contributed by atoms with Crippen molar-refractivity contribution in [2.45, 2.75) is 155 Å². The molecule has 0 saturated carbocycles. The molecule has 1 rings (SSSR count). The van der Waals surface area contributed by atoms with Crippen molar-refractivity contribution in [2.24, 2.45) is 0 Å². The van der Waals surface area contributed by atoms with Crippen molar-refractivity contribution in [1.29, 1.82) is 0 Å². The molecule has 0 fully saturated rings. The van der Waals surface area contributed by atoms with Gasteiger partial charge in [0.25, 0.3) is 10.1 Å². The van der Waals surface area contributed by atoms with Crippen molar-refractivity contribution < 1.29 is 31.7 Å². The van der Waals surface area contributed by atoms with Crippen LogP contribution in [0, 0.1) is 0 Å². The third-order valence-corrected chi connectivity index (χ3v) is 7.71. The first-order valence-electron chi connectivity index (χ1n) is 17.0. The highest BCUT2D eigenvalue weighted by Gasteiger charge is 2.09. The average Bonchev–Trinajstić information content (AvgIpc) is 3.47. The highest BCUT2D eigenvalue weighted by atomic mass is 32.2. The van der Waals surface area contributed by atoms with Crippen molar-refractivity contribution in [3.63, 3.8) is 0 Å². The maximum atomic E-state index is 9.19. The van der Waals surface area contributed by atoms with Gasteiger partial charge in [-0.2, -0.15) is 13.0 Å². The Hall–Kier alpha value is -0.580. The van der Waals surface area contributed by atoms with E-state index in [-0.39, 0.29) is 6.10 Å². The zero-order valence-electron chi connectivity index (χ0n) is 27.4. The molecule has 0 aromatic carbocycles. The van der Waals surface area contributed by atoms with Crippen LogP contribution in [0.15, 0.2) is 17.1 Å². The quantitative estimate of drug-likeness (QED) is 0.0516. The van der Waals surface area contributed by atoms with E-state index in [9.17, 15) is 8.42 Å². The SMILES string of the molecule is CCCCCCCCCCCCCCCCOCC(COCCCCCCC[n+]1ccsc1)OCCC.CS(=O)(=O)O. The normalized spacial score (nSPS) is 12.3. The van der Waals surface area contributed by atoms with Crippen LogP contribution in [0.4, 0.5) is 0 Å². The van der Waals surface area contributed by atoms with Crippen LogP contribution in [0.25, 0.3) is 0 Å². The number of hydrogen-bond acceptors (Lipinski definition) is 6. The van der Waals surface area contributed by atoms with E-state index in [4.69, 9.17) is 18.8 Å². The fourth-order valence-corrected chi connectivity index (χ4v) is 5.30. The minimum Gasteiger partial charge on any atom is -0.379 e. The summed E-state index contributed by atoms with van der Waals surface area (Å²) in [5.41, 5.74) is 2.19. The lowest BCUT2D eigenvalue weighted by atomic mass is 10.0. The molecule has 0 radical (unpaired) electrons. The molecule has 0 aliphatic rings. The van der Waals surface area contributed by atoms with E-state index in [0.29, 0.717) is 19.5 Å².